The largest absolute Gasteiger partial charge is 0.488 e. The molecule has 0 fully saturated rings. The Kier molecular flexibility index (Phi) is 6.81. The van der Waals surface area contributed by atoms with E-state index in [1.807, 2.05) is 26.8 Å². The molecule has 0 spiro atoms. The Morgan fingerprint density at radius 2 is 2.00 bits per heavy atom. The van der Waals surface area contributed by atoms with E-state index in [2.05, 4.69) is 0 Å². The molecule has 0 aromatic heterocycles. The molecule has 3 nitrogen and oxygen atoms in total. The zero-order valence-electron chi connectivity index (χ0n) is 12.0. The summed E-state index contributed by atoms with van der Waals surface area (Å²) in [7, 11) is 0. The van der Waals surface area contributed by atoms with E-state index in [1.54, 1.807) is 6.07 Å². The molecule has 19 heavy (non-hydrogen) atoms. The smallest absolute Gasteiger partial charge is 0.165 e. The average molecular weight is 269 g/mol. The van der Waals surface area contributed by atoms with Crippen LogP contribution in [0.1, 0.15) is 32.8 Å². The Hall–Kier alpha value is -1.13. The monoisotopic (exact) mass is 269 g/mol. The van der Waals surface area contributed by atoms with Crippen LogP contribution < -0.4 is 10.5 Å². The van der Waals surface area contributed by atoms with Gasteiger partial charge in [-0.3, -0.25) is 0 Å². The predicted molar refractivity (Wildman–Crippen MR) is 75.0 cm³/mol. The number of ether oxygens (including phenoxy) is 2. The van der Waals surface area contributed by atoms with Crippen LogP contribution in [0.3, 0.4) is 0 Å². The van der Waals surface area contributed by atoms with E-state index in [4.69, 9.17) is 15.2 Å². The molecule has 108 valence electrons. The number of hydrogen-bond donors (Lipinski definition) is 1. The topological polar surface area (TPSA) is 44.5 Å². The number of nitrogens with two attached hydrogens (primary N) is 1. The number of halogens is 1. The first-order chi connectivity index (χ1) is 9.02. The van der Waals surface area contributed by atoms with Crippen LogP contribution in [0.25, 0.3) is 0 Å². The third-order valence-corrected chi connectivity index (χ3v) is 2.81. The van der Waals surface area contributed by atoms with Crippen molar-refractivity contribution >= 4 is 0 Å². The minimum Gasteiger partial charge on any atom is -0.488 e. The fourth-order valence-corrected chi connectivity index (χ4v) is 1.67. The molecule has 0 aliphatic carbocycles. The highest BCUT2D eigenvalue weighted by atomic mass is 19.1. The summed E-state index contributed by atoms with van der Waals surface area (Å²) in [4.78, 5) is 0. The van der Waals surface area contributed by atoms with E-state index in [0.29, 0.717) is 19.6 Å². The molecule has 1 unspecified atom stereocenters. The van der Waals surface area contributed by atoms with E-state index >= 15 is 0 Å². The van der Waals surface area contributed by atoms with Gasteiger partial charge in [0.2, 0.25) is 0 Å². The van der Waals surface area contributed by atoms with Crippen molar-refractivity contribution in [1.29, 1.82) is 0 Å². The summed E-state index contributed by atoms with van der Waals surface area (Å²) < 4.78 is 24.5. The fourth-order valence-electron chi connectivity index (χ4n) is 1.67. The van der Waals surface area contributed by atoms with Crippen molar-refractivity contribution in [1.82, 2.24) is 0 Å². The highest BCUT2D eigenvalue weighted by Crippen LogP contribution is 2.19. The quantitative estimate of drug-likeness (QED) is 0.738. The summed E-state index contributed by atoms with van der Waals surface area (Å²) in [6.45, 7) is 6.73. The second-order valence-electron chi connectivity index (χ2n) is 4.91. The van der Waals surface area contributed by atoms with Crippen LogP contribution in [0.15, 0.2) is 18.2 Å². The molecule has 1 atom stereocenters. The van der Waals surface area contributed by atoms with Gasteiger partial charge >= 0.3 is 0 Å². The van der Waals surface area contributed by atoms with Crippen LogP contribution >= 0.6 is 0 Å². The maximum atomic E-state index is 13.8. The predicted octanol–water partition coefficient (Wildman–Crippen LogP) is 2.91. The van der Waals surface area contributed by atoms with Crippen LogP contribution in [0.2, 0.25) is 0 Å². The molecule has 0 aliphatic heterocycles. The van der Waals surface area contributed by atoms with E-state index in [-0.39, 0.29) is 23.7 Å². The molecule has 1 aromatic rings. The van der Waals surface area contributed by atoms with Crippen LogP contribution in [0, 0.1) is 5.82 Å². The van der Waals surface area contributed by atoms with Crippen molar-refractivity contribution < 1.29 is 13.9 Å². The highest BCUT2D eigenvalue weighted by Gasteiger charge is 2.07. The lowest BCUT2D eigenvalue weighted by molar-refractivity contribution is 0.0544. The third kappa shape index (κ3) is 6.03. The summed E-state index contributed by atoms with van der Waals surface area (Å²) in [5.74, 6) is -0.0773. The minimum atomic E-state index is -0.342. The second kappa shape index (κ2) is 8.12. The van der Waals surface area contributed by atoms with E-state index in [9.17, 15) is 4.39 Å². The molecule has 0 saturated heterocycles. The van der Waals surface area contributed by atoms with E-state index in [1.165, 1.54) is 6.07 Å². The summed E-state index contributed by atoms with van der Waals surface area (Å²) >= 11 is 0. The fraction of sp³-hybridized carbons (Fsp3) is 0.600. The van der Waals surface area contributed by atoms with Gasteiger partial charge in [-0.25, -0.2) is 4.39 Å². The Labute approximate surface area is 114 Å². The Morgan fingerprint density at radius 1 is 1.26 bits per heavy atom. The molecular weight excluding hydrogens is 245 g/mol. The van der Waals surface area contributed by atoms with Gasteiger partial charge in [-0.15, -0.1) is 0 Å². The molecule has 0 aliphatic rings. The molecule has 0 radical (unpaired) electrons. The van der Waals surface area contributed by atoms with Crippen LogP contribution in [0.5, 0.6) is 5.75 Å². The lowest BCUT2D eigenvalue weighted by atomic mass is 10.0. The lowest BCUT2D eigenvalue weighted by Gasteiger charge is -2.12. The van der Waals surface area contributed by atoms with Gasteiger partial charge in [0.15, 0.2) is 11.6 Å². The van der Waals surface area contributed by atoms with Crippen molar-refractivity contribution in [3.8, 4) is 5.75 Å². The van der Waals surface area contributed by atoms with Crippen LogP contribution in [-0.4, -0.2) is 25.4 Å². The molecule has 0 saturated carbocycles. The van der Waals surface area contributed by atoms with Gasteiger partial charge in [-0.05, 0) is 44.4 Å². The molecule has 1 rings (SSSR count). The first-order valence-electron chi connectivity index (χ1n) is 6.81. The van der Waals surface area contributed by atoms with E-state index in [0.717, 1.165) is 12.0 Å². The normalized spacial score (nSPS) is 12.7. The zero-order valence-corrected chi connectivity index (χ0v) is 12.0. The van der Waals surface area contributed by atoms with Gasteiger partial charge in [0, 0.05) is 6.04 Å². The van der Waals surface area contributed by atoms with Gasteiger partial charge in [-0.1, -0.05) is 13.0 Å². The summed E-state index contributed by atoms with van der Waals surface area (Å²) in [6.07, 6.45) is 1.72. The molecular formula is C15H24FNO2. The van der Waals surface area contributed by atoms with Crippen molar-refractivity contribution in [3.63, 3.8) is 0 Å². The molecule has 2 N–H and O–H groups in total. The maximum absolute atomic E-state index is 13.8. The molecule has 1 aromatic carbocycles. The average Bonchev–Trinajstić information content (AvgIpc) is 2.36. The van der Waals surface area contributed by atoms with Crippen LogP contribution in [0.4, 0.5) is 4.39 Å². The Bertz CT molecular complexity index is 382. The first-order valence-corrected chi connectivity index (χ1v) is 6.81. The number of benzene rings is 1. The Balaban J connectivity index is 2.48. The Morgan fingerprint density at radius 3 is 2.58 bits per heavy atom. The maximum Gasteiger partial charge on any atom is 0.165 e. The van der Waals surface area contributed by atoms with E-state index < -0.39 is 0 Å². The van der Waals surface area contributed by atoms with Gasteiger partial charge in [0.25, 0.3) is 0 Å². The highest BCUT2D eigenvalue weighted by molar-refractivity contribution is 5.29. The standard InChI is InChI=1S/C15H24FNO2/c1-4-13(17)9-12-5-6-15(14(16)10-12)19-8-7-18-11(2)3/h5-6,10-11,13H,4,7-9,17H2,1-3H3. The van der Waals surface area contributed by atoms with Crippen molar-refractivity contribution in [3.05, 3.63) is 29.6 Å². The van der Waals surface area contributed by atoms with Crippen molar-refractivity contribution in [2.75, 3.05) is 13.2 Å². The first kappa shape index (κ1) is 15.9. The van der Waals surface area contributed by atoms with Crippen molar-refractivity contribution in [2.45, 2.75) is 45.8 Å². The number of rotatable bonds is 8. The molecule has 0 heterocycles. The second-order valence-corrected chi connectivity index (χ2v) is 4.91. The summed E-state index contributed by atoms with van der Waals surface area (Å²) in [5.41, 5.74) is 6.75. The SMILES string of the molecule is CCC(N)Cc1ccc(OCCOC(C)C)c(F)c1. The summed E-state index contributed by atoms with van der Waals surface area (Å²) in [6, 6.07) is 5.08. The third-order valence-electron chi connectivity index (χ3n) is 2.81. The van der Waals surface area contributed by atoms with Crippen LogP contribution in [-0.2, 0) is 11.2 Å². The van der Waals surface area contributed by atoms with Crippen molar-refractivity contribution in [2.24, 2.45) is 5.73 Å². The molecule has 0 amide bonds. The summed E-state index contributed by atoms with van der Waals surface area (Å²) in [5, 5.41) is 0. The number of hydrogen-bond acceptors (Lipinski definition) is 3. The molecule has 4 heteroatoms. The van der Waals surface area contributed by atoms with Gasteiger partial charge in [-0.2, -0.15) is 0 Å². The lowest BCUT2D eigenvalue weighted by Crippen LogP contribution is -2.21. The zero-order chi connectivity index (χ0) is 14.3. The van der Waals surface area contributed by atoms with Gasteiger partial charge in [0.1, 0.15) is 6.61 Å². The minimum absolute atomic E-state index is 0.0746. The van der Waals surface area contributed by atoms with Gasteiger partial charge in [0.05, 0.1) is 12.7 Å². The van der Waals surface area contributed by atoms with Gasteiger partial charge < -0.3 is 15.2 Å². The molecule has 0 bridgehead atoms.